The summed E-state index contributed by atoms with van der Waals surface area (Å²) in [4.78, 5) is 33.0. The lowest BCUT2D eigenvalue weighted by Gasteiger charge is -2.36. The fraction of sp³-hybridized carbons (Fsp3) is 0.500. The predicted octanol–water partition coefficient (Wildman–Crippen LogP) is 4.18. The molecule has 1 aliphatic carbocycles. The summed E-state index contributed by atoms with van der Waals surface area (Å²) in [5.41, 5.74) is 0.705. The fourth-order valence-corrected chi connectivity index (χ4v) is 4.80. The Labute approximate surface area is 175 Å². The van der Waals surface area contributed by atoms with E-state index in [2.05, 4.69) is 10.3 Å². The summed E-state index contributed by atoms with van der Waals surface area (Å²) in [6.45, 7) is 5.15. The van der Waals surface area contributed by atoms with Crippen LogP contribution in [0.4, 0.5) is 4.79 Å². The quantitative estimate of drug-likeness (QED) is 0.798. The molecule has 1 saturated heterocycles. The smallest absolute Gasteiger partial charge is 0.408 e. The molecule has 2 aliphatic rings. The average molecular weight is 414 g/mol. The summed E-state index contributed by atoms with van der Waals surface area (Å²) in [5, 5.41) is 3.30. The van der Waals surface area contributed by atoms with Gasteiger partial charge in [-0.1, -0.05) is 0 Å². The highest BCUT2D eigenvalue weighted by Gasteiger charge is 2.39. The van der Waals surface area contributed by atoms with Crippen molar-refractivity contribution in [3.05, 3.63) is 45.9 Å². The lowest BCUT2D eigenvalue weighted by atomic mass is 9.86. The maximum absolute atomic E-state index is 12.7. The summed E-state index contributed by atoms with van der Waals surface area (Å²) in [6, 6.07) is 7.61. The molecule has 154 valence electrons. The summed E-state index contributed by atoms with van der Waals surface area (Å²) >= 11 is 1.54. The van der Waals surface area contributed by atoms with Crippen molar-refractivity contribution < 1.29 is 14.3 Å². The number of aromatic nitrogens is 1. The summed E-state index contributed by atoms with van der Waals surface area (Å²) in [5.74, 6) is 1.51. The van der Waals surface area contributed by atoms with Crippen molar-refractivity contribution in [2.75, 3.05) is 13.1 Å². The molecule has 2 aromatic rings. The third kappa shape index (κ3) is 4.78. The van der Waals surface area contributed by atoms with Crippen LogP contribution in [0.15, 0.2) is 30.5 Å². The molecule has 0 bridgehead atoms. The molecule has 1 aliphatic heterocycles. The highest BCUT2D eigenvalue weighted by atomic mass is 32.1. The Balaban J connectivity index is 1.33. The zero-order valence-corrected chi connectivity index (χ0v) is 17.7. The number of carbonyl (C=O) groups is 2. The maximum Gasteiger partial charge on any atom is 0.415 e. The van der Waals surface area contributed by atoms with Crippen LogP contribution in [0.2, 0.25) is 0 Å². The van der Waals surface area contributed by atoms with E-state index in [1.165, 1.54) is 24.2 Å². The zero-order chi connectivity index (χ0) is 20.4. The van der Waals surface area contributed by atoms with E-state index >= 15 is 0 Å². The van der Waals surface area contributed by atoms with E-state index in [1.807, 2.05) is 26.0 Å². The molecule has 1 N–H and O–H groups in total. The number of amides is 2. The van der Waals surface area contributed by atoms with E-state index in [4.69, 9.17) is 4.74 Å². The highest BCUT2D eigenvalue weighted by Crippen LogP contribution is 2.39. The van der Waals surface area contributed by atoms with Gasteiger partial charge >= 0.3 is 6.09 Å². The Morgan fingerprint density at radius 2 is 1.86 bits per heavy atom. The standard InChI is InChI=1S/C22H27N3O3S/c1-14-5-8-19(29-14)21(26)24-20(16-6-7-16)17-9-12-25(13-10-17)22(27)28-18-4-3-11-23-15(18)2/h3-5,8,11,16-17,20H,6-7,9-10,12-13H2,1-2H3,(H,24,26)/t20-/m1/s1. The lowest BCUT2D eigenvalue weighted by Crippen LogP contribution is -2.48. The molecule has 0 radical (unpaired) electrons. The number of nitrogens with one attached hydrogen (secondary N) is 1. The normalized spacial score (nSPS) is 18.3. The molecule has 4 rings (SSSR count). The molecule has 6 nitrogen and oxygen atoms in total. The maximum atomic E-state index is 12.7. The molecule has 2 amide bonds. The van der Waals surface area contributed by atoms with Crippen LogP contribution >= 0.6 is 11.3 Å². The van der Waals surface area contributed by atoms with E-state index in [-0.39, 0.29) is 18.0 Å². The highest BCUT2D eigenvalue weighted by molar-refractivity contribution is 7.13. The number of carbonyl (C=O) groups excluding carboxylic acids is 2. The van der Waals surface area contributed by atoms with Crippen LogP contribution in [0, 0.1) is 25.7 Å². The van der Waals surface area contributed by atoms with E-state index in [0.29, 0.717) is 36.4 Å². The Bertz CT molecular complexity index is 885. The number of likely N-dealkylation sites (tertiary alicyclic amines) is 1. The van der Waals surface area contributed by atoms with Gasteiger partial charge in [0.1, 0.15) is 0 Å². The first kappa shape index (κ1) is 19.9. The molecule has 2 fully saturated rings. The van der Waals surface area contributed by atoms with Crippen molar-refractivity contribution in [2.24, 2.45) is 11.8 Å². The second-order valence-electron chi connectivity index (χ2n) is 8.03. The molecular weight excluding hydrogens is 386 g/mol. The molecule has 1 atom stereocenters. The first-order valence-corrected chi connectivity index (χ1v) is 11.1. The Hall–Kier alpha value is -2.41. The van der Waals surface area contributed by atoms with Crippen LogP contribution in [0.25, 0.3) is 0 Å². The second kappa shape index (κ2) is 8.53. The SMILES string of the molecule is Cc1ccc(C(=O)N[C@H](C2CC2)C2CCN(C(=O)Oc3cccnc3C)CC2)s1. The largest absolute Gasteiger partial charge is 0.415 e. The van der Waals surface area contributed by atoms with Gasteiger partial charge in [-0.25, -0.2) is 4.79 Å². The molecule has 1 saturated carbocycles. The van der Waals surface area contributed by atoms with E-state index < -0.39 is 0 Å². The number of piperidine rings is 1. The number of rotatable bonds is 5. The number of pyridine rings is 1. The summed E-state index contributed by atoms with van der Waals surface area (Å²) in [6.07, 6.45) is 5.48. The Morgan fingerprint density at radius 1 is 1.14 bits per heavy atom. The first-order valence-electron chi connectivity index (χ1n) is 10.3. The molecule has 0 spiro atoms. The van der Waals surface area contributed by atoms with Crippen LogP contribution in [0.3, 0.4) is 0 Å². The molecule has 0 unspecified atom stereocenters. The number of hydrogen-bond acceptors (Lipinski definition) is 5. The van der Waals surface area contributed by atoms with Crippen LogP contribution in [-0.2, 0) is 0 Å². The van der Waals surface area contributed by atoms with Gasteiger partial charge in [0, 0.05) is 30.2 Å². The first-order chi connectivity index (χ1) is 14.0. The molecule has 29 heavy (non-hydrogen) atoms. The molecule has 0 aromatic carbocycles. The fourth-order valence-electron chi connectivity index (χ4n) is 4.03. The van der Waals surface area contributed by atoms with Crippen LogP contribution < -0.4 is 10.1 Å². The van der Waals surface area contributed by atoms with Gasteiger partial charge in [0.25, 0.3) is 5.91 Å². The Kier molecular flexibility index (Phi) is 5.85. The zero-order valence-electron chi connectivity index (χ0n) is 16.9. The van der Waals surface area contributed by atoms with Crippen molar-refractivity contribution >= 4 is 23.3 Å². The minimum Gasteiger partial charge on any atom is -0.408 e. The van der Waals surface area contributed by atoms with Gasteiger partial charge in [0.2, 0.25) is 0 Å². The van der Waals surface area contributed by atoms with Crippen LogP contribution in [-0.4, -0.2) is 41.0 Å². The topological polar surface area (TPSA) is 71.5 Å². The van der Waals surface area contributed by atoms with E-state index in [9.17, 15) is 9.59 Å². The minimum absolute atomic E-state index is 0.0360. The summed E-state index contributed by atoms with van der Waals surface area (Å²) in [7, 11) is 0. The van der Waals surface area contributed by atoms with Gasteiger partial charge in [-0.05, 0) is 75.6 Å². The van der Waals surface area contributed by atoms with E-state index in [0.717, 1.165) is 22.6 Å². The monoisotopic (exact) mass is 413 g/mol. The van der Waals surface area contributed by atoms with Gasteiger partial charge in [-0.2, -0.15) is 0 Å². The van der Waals surface area contributed by atoms with Crippen molar-refractivity contribution in [2.45, 2.75) is 45.6 Å². The van der Waals surface area contributed by atoms with Crippen molar-refractivity contribution in [3.63, 3.8) is 0 Å². The van der Waals surface area contributed by atoms with Crippen LogP contribution in [0.5, 0.6) is 5.75 Å². The van der Waals surface area contributed by atoms with Crippen LogP contribution in [0.1, 0.15) is 45.9 Å². The number of nitrogens with zero attached hydrogens (tertiary/aromatic N) is 2. The minimum atomic E-state index is -0.319. The van der Waals surface area contributed by atoms with Crippen molar-refractivity contribution in [3.8, 4) is 5.75 Å². The molecule has 2 aromatic heterocycles. The molecular formula is C22H27N3O3S. The number of aryl methyl sites for hydroxylation is 2. The van der Waals surface area contributed by atoms with Crippen molar-refractivity contribution in [1.82, 2.24) is 15.2 Å². The lowest BCUT2D eigenvalue weighted by molar-refractivity contribution is 0.0874. The third-order valence-corrected chi connectivity index (χ3v) is 6.85. The van der Waals surface area contributed by atoms with Gasteiger partial charge in [0.05, 0.1) is 10.6 Å². The van der Waals surface area contributed by atoms with Gasteiger partial charge in [0.15, 0.2) is 5.75 Å². The van der Waals surface area contributed by atoms with Crippen molar-refractivity contribution in [1.29, 1.82) is 0 Å². The van der Waals surface area contributed by atoms with Gasteiger partial charge in [-0.3, -0.25) is 9.78 Å². The Morgan fingerprint density at radius 3 is 2.48 bits per heavy atom. The van der Waals surface area contributed by atoms with Gasteiger partial charge < -0.3 is 15.0 Å². The van der Waals surface area contributed by atoms with E-state index in [1.54, 1.807) is 23.2 Å². The number of hydrogen-bond donors (Lipinski definition) is 1. The predicted molar refractivity (Wildman–Crippen MR) is 112 cm³/mol. The average Bonchev–Trinajstić information content (AvgIpc) is 3.47. The number of ether oxygens (including phenoxy) is 1. The van der Waals surface area contributed by atoms with Gasteiger partial charge in [-0.15, -0.1) is 11.3 Å². The third-order valence-electron chi connectivity index (χ3n) is 5.85. The number of thiophene rings is 1. The summed E-state index contributed by atoms with van der Waals surface area (Å²) < 4.78 is 5.52. The molecule has 7 heteroatoms. The second-order valence-corrected chi connectivity index (χ2v) is 9.31. The molecule has 3 heterocycles.